The van der Waals surface area contributed by atoms with Gasteiger partial charge in [-0.2, -0.15) is 0 Å². The molecule has 11 heteroatoms. The van der Waals surface area contributed by atoms with Crippen LogP contribution in [0.4, 0.5) is 11.4 Å². The van der Waals surface area contributed by atoms with Crippen molar-refractivity contribution in [1.82, 2.24) is 13.7 Å². The molecule has 0 aliphatic heterocycles. The lowest BCUT2D eigenvalue weighted by Gasteiger charge is -2.29. The van der Waals surface area contributed by atoms with Gasteiger partial charge in [0.15, 0.2) is 0 Å². The summed E-state index contributed by atoms with van der Waals surface area (Å²) in [6.07, 6.45) is 0. The highest BCUT2D eigenvalue weighted by molar-refractivity contribution is 5.61. The molecule has 11 nitrogen and oxygen atoms in total. The second-order valence-electron chi connectivity index (χ2n) is 22.4. The summed E-state index contributed by atoms with van der Waals surface area (Å²) in [7, 11) is 0. The number of phenolic OH excluding ortho intramolecular Hbond substituents is 1. The van der Waals surface area contributed by atoms with E-state index in [0.717, 1.165) is 13.7 Å². The molecule has 0 atom stereocenters. The SMILES string of the molecule is CC(C)(C)c1cc(Cn2c(=O)n(Cc3cc(C(C)(C)C)c(N=O)c(C(C)(C)C)c3)c(=O)n(Cc3cc(C(C)(C)C)c(N=O)c(C(C)(C)C)c3)c2=O)cc(C(C)(C)C)c1O. The fourth-order valence-electron chi connectivity index (χ4n) is 7.62. The van der Waals surface area contributed by atoms with Gasteiger partial charge in [-0.1, -0.05) is 149 Å². The fraction of sp³-hybridized carbons (Fsp3) is 0.562. The lowest BCUT2D eigenvalue weighted by Crippen LogP contribution is -2.55. The lowest BCUT2D eigenvalue weighted by molar-refractivity contribution is 0.422. The van der Waals surface area contributed by atoms with E-state index < -0.39 is 49.6 Å². The Kier molecular flexibility index (Phi) is 12.4. The van der Waals surface area contributed by atoms with Crippen LogP contribution in [0, 0.1) is 9.81 Å². The average molecular weight is 810 g/mol. The third-order valence-corrected chi connectivity index (χ3v) is 10.9. The predicted molar refractivity (Wildman–Crippen MR) is 241 cm³/mol. The minimum atomic E-state index is -0.799. The van der Waals surface area contributed by atoms with Gasteiger partial charge >= 0.3 is 17.1 Å². The van der Waals surface area contributed by atoms with Gasteiger partial charge in [0.2, 0.25) is 0 Å². The second kappa shape index (κ2) is 15.6. The van der Waals surface area contributed by atoms with Gasteiger partial charge in [0.1, 0.15) is 17.1 Å². The van der Waals surface area contributed by atoms with Crippen molar-refractivity contribution in [2.24, 2.45) is 10.4 Å². The average Bonchev–Trinajstić information content (AvgIpc) is 3.07. The molecule has 0 saturated carbocycles. The summed E-state index contributed by atoms with van der Waals surface area (Å²) in [5.74, 6) is 0.165. The van der Waals surface area contributed by atoms with Crippen LogP contribution in [0.3, 0.4) is 0 Å². The Hall–Kier alpha value is -4.93. The maximum Gasteiger partial charge on any atom is 0.336 e. The number of nitrogens with zero attached hydrogens (tertiary/aromatic N) is 5. The molecule has 0 fully saturated rings. The number of nitroso groups, excluding NO2 is 2. The molecule has 0 unspecified atom stereocenters. The first kappa shape index (κ1) is 46.8. The molecule has 1 N–H and O–H groups in total. The van der Waals surface area contributed by atoms with Crippen LogP contribution in [-0.2, 0) is 52.1 Å². The molecular formula is C48H67N5O6. The van der Waals surface area contributed by atoms with Crippen molar-refractivity contribution in [3.05, 3.63) is 128 Å². The Morgan fingerprint density at radius 2 is 0.576 bits per heavy atom. The summed E-state index contributed by atoms with van der Waals surface area (Å²) >= 11 is 0. The highest BCUT2D eigenvalue weighted by Gasteiger charge is 2.31. The number of benzene rings is 3. The van der Waals surface area contributed by atoms with Gasteiger partial charge < -0.3 is 5.11 Å². The molecule has 4 rings (SSSR count). The molecule has 0 aliphatic carbocycles. The summed E-state index contributed by atoms with van der Waals surface area (Å²) < 4.78 is 3.24. The van der Waals surface area contributed by atoms with Crippen molar-refractivity contribution in [3.8, 4) is 5.75 Å². The Balaban J connectivity index is 2.15. The monoisotopic (exact) mass is 810 g/mol. The van der Waals surface area contributed by atoms with Gasteiger partial charge in [-0.15, -0.1) is 9.81 Å². The zero-order valence-electron chi connectivity index (χ0n) is 38.8. The van der Waals surface area contributed by atoms with Gasteiger partial charge in [-0.3, -0.25) is 0 Å². The highest BCUT2D eigenvalue weighted by atomic mass is 16.3. The van der Waals surface area contributed by atoms with E-state index >= 15 is 0 Å². The van der Waals surface area contributed by atoms with E-state index in [2.05, 4.69) is 10.4 Å². The summed E-state index contributed by atoms with van der Waals surface area (Å²) in [6, 6.07) is 10.9. The zero-order valence-corrected chi connectivity index (χ0v) is 38.8. The Morgan fingerprint density at radius 3 is 0.746 bits per heavy atom. The first-order valence-electron chi connectivity index (χ1n) is 20.5. The van der Waals surface area contributed by atoms with E-state index in [4.69, 9.17) is 0 Å². The maximum atomic E-state index is 14.8. The molecule has 1 aromatic heterocycles. The van der Waals surface area contributed by atoms with E-state index in [1.165, 1.54) is 0 Å². The molecule has 59 heavy (non-hydrogen) atoms. The molecule has 0 bridgehead atoms. The summed E-state index contributed by atoms with van der Waals surface area (Å²) in [4.78, 5) is 69.0. The van der Waals surface area contributed by atoms with Crippen molar-refractivity contribution < 1.29 is 5.11 Å². The molecule has 0 aliphatic rings. The van der Waals surface area contributed by atoms with E-state index in [1.807, 2.05) is 161 Å². The van der Waals surface area contributed by atoms with E-state index in [-0.39, 0.29) is 25.4 Å². The van der Waals surface area contributed by atoms with Crippen molar-refractivity contribution in [3.63, 3.8) is 0 Å². The predicted octanol–water partition coefficient (Wildman–Crippen LogP) is 10.6. The van der Waals surface area contributed by atoms with Gasteiger partial charge in [0.25, 0.3) is 0 Å². The number of hydrogen-bond acceptors (Lipinski definition) is 8. The fourth-order valence-corrected chi connectivity index (χ4v) is 7.62. The van der Waals surface area contributed by atoms with E-state index in [9.17, 15) is 29.3 Å². The van der Waals surface area contributed by atoms with Crippen LogP contribution in [0.25, 0.3) is 0 Å². The highest BCUT2D eigenvalue weighted by Crippen LogP contribution is 2.43. The van der Waals surface area contributed by atoms with Crippen molar-refractivity contribution in [2.75, 3.05) is 0 Å². The largest absolute Gasteiger partial charge is 0.507 e. The van der Waals surface area contributed by atoms with Crippen LogP contribution in [0.1, 0.15) is 175 Å². The third kappa shape index (κ3) is 9.76. The number of aromatic hydroxyl groups is 1. The smallest absolute Gasteiger partial charge is 0.336 e. The molecule has 0 saturated heterocycles. The molecule has 4 aromatic rings. The van der Waals surface area contributed by atoms with Gasteiger partial charge in [-0.25, -0.2) is 28.1 Å². The molecule has 0 amide bonds. The first-order valence-corrected chi connectivity index (χ1v) is 20.5. The minimum Gasteiger partial charge on any atom is -0.507 e. The number of rotatable bonds is 8. The molecule has 0 spiro atoms. The Labute approximate surface area is 349 Å². The summed E-state index contributed by atoms with van der Waals surface area (Å²) in [6.45, 7) is 35.1. The van der Waals surface area contributed by atoms with Crippen molar-refractivity contribution in [2.45, 2.75) is 177 Å². The van der Waals surface area contributed by atoms with Crippen molar-refractivity contribution in [1.29, 1.82) is 0 Å². The van der Waals surface area contributed by atoms with Crippen LogP contribution >= 0.6 is 0 Å². The van der Waals surface area contributed by atoms with Crippen LogP contribution in [0.15, 0.2) is 61.1 Å². The van der Waals surface area contributed by atoms with Crippen molar-refractivity contribution >= 4 is 11.4 Å². The Morgan fingerprint density at radius 1 is 0.390 bits per heavy atom. The van der Waals surface area contributed by atoms with Gasteiger partial charge in [-0.05, 0) is 105 Å². The summed E-state index contributed by atoms with van der Waals surface area (Å²) in [5.41, 5.74) is 1.19. The van der Waals surface area contributed by atoms with Crippen LogP contribution in [-0.4, -0.2) is 18.8 Å². The first-order chi connectivity index (χ1) is 26.6. The standard InChI is InChI=1S/C48H67N5O6/c1-43(2,3)31-19-28(20-32(37(31)49-58)44(4,5)6)25-51-40(55)52(26-29-21-33(45(7,8)9)38(50-59)34(22-29)46(10,11)12)42(57)53(41(51)56)27-30-23-35(47(13,14)15)39(54)36(24-30)48(16,17)18/h19-24,54H,25-27H2,1-18H3. The van der Waals surface area contributed by atoms with Crippen LogP contribution in [0.5, 0.6) is 5.75 Å². The maximum absolute atomic E-state index is 14.8. The zero-order chi connectivity index (χ0) is 45.2. The molecule has 320 valence electrons. The number of hydrogen-bond donors (Lipinski definition) is 1. The van der Waals surface area contributed by atoms with E-state index in [0.29, 0.717) is 61.4 Å². The van der Waals surface area contributed by atoms with Crippen LogP contribution in [0.2, 0.25) is 0 Å². The normalized spacial score (nSPS) is 13.2. The molecule has 0 radical (unpaired) electrons. The number of aromatic nitrogens is 3. The number of phenols is 1. The quantitative estimate of drug-likeness (QED) is 0.175. The van der Waals surface area contributed by atoms with E-state index in [1.54, 1.807) is 0 Å². The molecule has 1 heterocycles. The molecular weight excluding hydrogens is 743 g/mol. The summed E-state index contributed by atoms with van der Waals surface area (Å²) in [5, 5.41) is 18.4. The third-order valence-electron chi connectivity index (χ3n) is 10.9. The lowest BCUT2D eigenvalue weighted by atomic mass is 9.77. The van der Waals surface area contributed by atoms with Gasteiger partial charge in [0.05, 0.1) is 19.6 Å². The van der Waals surface area contributed by atoms with Gasteiger partial charge in [0, 0.05) is 0 Å². The molecule has 3 aromatic carbocycles. The topological polar surface area (TPSA) is 145 Å². The van der Waals surface area contributed by atoms with Crippen LogP contribution < -0.4 is 17.1 Å². The minimum absolute atomic E-state index is 0.165. The second-order valence-corrected chi connectivity index (χ2v) is 22.4. The Bertz CT molecular complexity index is 2240.